The van der Waals surface area contributed by atoms with Crippen molar-refractivity contribution in [2.45, 2.75) is 33.7 Å². The zero-order valence-corrected chi connectivity index (χ0v) is 17.9. The predicted molar refractivity (Wildman–Crippen MR) is 114 cm³/mol. The van der Waals surface area contributed by atoms with E-state index in [2.05, 4.69) is 10.6 Å². The summed E-state index contributed by atoms with van der Waals surface area (Å²) in [4.78, 5) is 25.5. The van der Waals surface area contributed by atoms with Crippen LogP contribution in [-0.4, -0.2) is 32.0 Å². The second-order valence-corrected chi connectivity index (χ2v) is 7.91. The molecule has 2 atom stereocenters. The Morgan fingerprint density at radius 2 is 1.64 bits per heavy atom. The third-order valence-electron chi connectivity index (χ3n) is 4.59. The minimum absolute atomic E-state index is 0.108. The van der Waals surface area contributed by atoms with Gasteiger partial charge in [-0.3, -0.25) is 9.59 Å². The van der Waals surface area contributed by atoms with Crippen LogP contribution in [0, 0.1) is 20.8 Å². The Morgan fingerprint density at radius 1 is 1.04 bits per heavy atom. The Labute approximate surface area is 172 Å². The first-order valence-corrected chi connectivity index (χ1v) is 9.77. The number of likely N-dealkylation sites (N-methyl/N-ethyl adjacent to an activating group) is 1. The average molecular weight is 403 g/mol. The topological polar surface area (TPSA) is 62.6 Å². The number of hydrogen-bond donors (Lipinski definition) is 3. The molecule has 0 heterocycles. The van der Waals surface area contributed by atoms with Crippen molar-refractivity contribution >= 4 is 29.1 Å². The molecule has 0 spiro atoms. The van der Waals surface area contributed by atoms with E-state index in [1.807, 2.05) is 65.1 Å². The number of hydrogen-bond acceptors (Lipinski definition) is 2. The van der Waals surface area contributed by atoms with Gasteiger partial charge in [0.15, 0.2) is 13.1 Å². The zero-order valence-electron chi connectivity index (χ0n) is 17.2. The SMILES string of the molecule is Cc1cc(C)c(NC(=O)C[NH+](C)CC(=O)N[C@H](C)c2cccc(Cl)c2)c(C)c1. The Hall–Kier alpha value is -2.37. The van der Waals surface area contributed by atoms with Gasteiger partial charge in [-0.1, -0.05) is 41.4 Å². The molecule has 0 aromatic heterocycles. The van der Waals surface area contributed by atoms with Crippen molar-refractivity contribution in [3.8, 4) is 0 Å². The highest BCUT2D eigenvalue weighted by Gasteiger charge is 2.17. The van der Waals surface area contributed by atoms with Gasteiger partial charge in [0.25, 0.3) is 11.8 Å². The van der Waals surface area contributed by atoms with E-state index in [4.69, 9.17) is 11.6 Å². The molecule has 0 saturated heterocycles. The number of carbonyl (C=O) groups is 2. The molecule has 3 N–H and O–H groups in total. The van der Waals surface area contributed by atoms with Gasteiger partial charge in [0.05, 0.1) is 13.1 Å². The van der Waals surface area contributed by atoms with Crippen molar-refractivity contribution < 1.29 is 14.5 Å². The smallest absolute Gasteiger partial charge is 0.279 e. The normalized spacial score (nSPS) is 12.9. The van der Waals surface area contributed by atoms with Gasteiger partial charge < -0.3 is 15.5 Å². The predicted octanol–water partition coefficient (Wildman–Crippen LogP) is 2.60. The van der Waals surface area contributed by atoms with E-state index in [-0.39, 0.29) is 30.9 Å². The number of amides is 2. The summed E-state index contributed by atoms with van der Waals surface area (Å²) in [6, 6.07) is 11.4. The monoisotopic (exact) mass is 402 g/mol. The van der Waals surface area contributed by atoms with Crippen molar-refractivity contribution in [3.63, 3.8) is 0 Å². The summed E-state index contributed by atoms with van der Waals surface area (Å²) in [6.07, 6.45) is 0. The summed E-state index contributed by atoms with van der Waals surface area (Å²) in [5, 5.41) is 6.57. The van der Waals surface area contributed by atoms with Gasteiger partial charge in [0.2, 0.25) is 0 Å². The molecule has 1 unspecified atom stereocenters. The third kappa shape index (κ3) is 6.36. The van der Waals surface area contributed by atoms with Gasteiger partial charge in [-0.15, -0.1) is 0 Å². The second kappa shape index (κ2) is 9.71. The third-order valence-corrected chi connectivity index (χ3v) is 4.83. The van der Waals surface area contributed by atoms with Crippen molar-refractivity contribution in [2.24, 2.45) is 0 Å². The van der Waals surface area contributed by atoms with Crippen LogP contribution in [0.5, 0.6) is 0 Å². The molecule has 0 aliphatic heterocycles. The highest BCUT2D eigenvalue weighted by molar-refractivity contribution is 6.30. The maximum absolute atomic E-state index is 12.4. The van der Waals surface area contributed by atoms with E-state index in [0.29, 0.717) is 5.02 Å². The van der Waals surface area contributed by atoms with Crippen LogP contribution in [0.2, 0.25) is 5.02 Å². The largest absolute Gasteiger partial charge is 0.345 e. The molecule has 2 aromatic carbocycles. The van der Waals surface area contributed by atoms with Crippen LogP contribution >= 0.6 is 11.6 Å². The van der Waals surface area contributed by atoms with Crippen molar-refractivity contribution in [1.82, 2.24) is 5.32 Å². The first-order valence-electron chi connectivity index (χ1n) is 9.39. The number of nitrogens with one attached hydrogen (secondary N) is 3. The average Bonchev–Trinajstić information content (AvgIpc) is 2.57. The number of anilines is 1. The molecular weight excluding hydrogens is 374 g/mol. The molecule has 150 valence electrons. The highest BCUT2D eigenvalue weighted by Crippen LogP contribution is 2.21. The summed E-state index contributed by atoms with van der Waals surface area (Å²) in [6.45, 7) is 8.34. The van der Waals surface area contributed by atoms with E-state index in [1.165, 1.54) is 5.56 Å². The standard InChI is InChI=1S/C22H28ClN3O2/c1-14-9-15(2)22(16(3)10-14)25-21(28)13-26(5)12-20(27)24-17(4)18-7-6-8-19(23)11-18/h6-11,17H,12-13H2,1-5H3,(H,24,27)(H,25,28)/p+1/t17-/m1/s1. The Balaban J connectivity index is 1.86. The van der Waals surface area contributed by atoms with Crippen LogP contribution in [0.4, 0.5) is 5.69 Å². The first kappa shape index (κ1) is 21.9. The molecule has 6 heteroatoms. The van der Waals surface area contributed by atoms with E-state index < -0.39 is 0 Å². The Morgan fingerprint density at radius 3 is 2.25 bits per heavy atom. The molecule has 0 bridgehead atoms. The molecule has 0 saturated carbocycles. The minimum atomic E-state index is -0.148. The highest BCUT2D eigenvalue weighted by atomic mass is 35.5. The summed E-state index contributed by atoms with van der Waals surface area (Å²) in [5.74, 6) is -0.219. The second-order valence-electron chi connectivity index (χ2n) is 7.48. The van der Waals surface area contributed by atoms with Crippen LogP contribution in [0.1, 0.15) is 35.2 Å². The molecule has 28 heavy (non-hydrogen) atoms. The van der Waals surface area contributed by atoms with Gasteiger partial charge in [0.1, 0.15) is 0 Å². The lowest BCUT2D eigenvalue weighted by Gasteiger charge is -2.18. The van der Waals surface area contributed by atoms with Crippen LogP contribution in [-0.2, 0) is 9.59 Å². The van der Waals surface area contributed by atoms with E-state index in [1.54, 1.807) is 6.07 Å². The molecule has 0 aliphatic rings. The Kier molecular flexibility index (Phi) is 7.61. The van der Waals surface area contributed by atoms with Gasteiger partial charge in [-0.25, -0.2) is 0 Å². The van der Waals surface area contributed by atoms with Crippen LogP contribution in [0.3, 0.4) is 0 Å². The van der Waals surface area contributed by atoms with Gasteiger partial charge >= 0.3 is 0 Å². The minimum Gasteiger partial charge on any atom is -0.345 e. The van der Waals surface area contributed by atoms with Gasteiger partial charge in [0, 0.05) is 10.7 Å². The number of benzene rings is 2. The number of rotatable bonds is 7. The van der Waals surface area contributed by atoms with Crippen molar-refractivity contribution in [2.75, 3.05) is 25.5 Å². The molecule has 2 aromatic rings. The van der Waals surface area contributed by atoms with Gasteiger partial charge in [-0.05, 0) is 56.5 Å². The van der Waals surface area contributed by atoms with Crippen molar-refractivity contribution in [3.05, 3.63) is 63.7 Å². The molecule has 0 aliphatic carbocycles. The fourth-order valence-electron chi connectivity index (χ4n) is 3.32. The number of halogens is 1. The van der Waals surface area contributed by atoms with E-state index in [0.717, 1.165) is 27.3 Å². The number of aryl methyl sites for hydroxylation is 3. The van der Waals surface area contributed by atoms with Crippen LogP contribution in [0.25, 0.3) is 0 Å². The van der Waals surface area contributed by atoms with Gasteiger partial charge in [-0.2, -0.15) is 0 Å². The molecule has 0 radical (unpaired) electrons. The number of quaternary nitrogens is 1. The quantitative estimate of drug-likeness (QED) is 0.666. The van der Waals surface area contributed by atoms with Crippen LogP contribution in [0.15, 0.2) is 36.4 Å². The van der Waals surface area contributed by atoms with Crippen LogP contribution < -0.4 is 15.5 Å². The molecule has 5 nitrogen and oxygen atoms in total. The molecule has 0 fully saturated rings. The maximum Gasteiger partial charge on any atom is 0.279 e. The molecule has 2 amide bonds. The maximum atomic E-state index is 12.4. The zero-order chi connectivity index (χ0) is 20.8. The summed E-state index contributed by atoms with van der Waals surface area (Å²) in [7, 11) is 1.83. The lowest BCUT2D eigenvalue weighted by molar-refractivity contribution is -0.862. The van der Waals surface area contributed by atoms with Crippen molar-refractivity contribution in [1.29, 1.82) is 0 Å². The van der Waals surface area contributed by atoms with E-state index >= 15 is 0 Å². The Bertz CT molecular complexity index is 844. The number of carbonyl (C=O) groups excluding carboxylic acids is 2. The summed E-state index contributed by atoms with van der Waals surface area (Å²) in [5.41, 5.74) is 5.04. The lowest BCUT2D eigenvalue weighted by atomic mass is 10.1. The first-order chi connectivity index (χ1) is 13.2. The fourth-order valence-corrected chi connectivity index (χ4v) is 3.52. The molecule has 2 rings (SSSR count). The lowest BCUT2D eigenvalue weighted by Crippen LogP contribution is -3.11. The van der Waals surface area contributed by atoms with E-state index in [9.17, 15) is 9.59 Å². The summed E-state index contributed by atoms with van der Waals surface area (Å²) >= 11 is 6.00. The fraction of sp³-hybridized carbons (Fsp3) is 0.364. The summed E-state index contributed by atoms with van der Waals surface area (Å²) < 4.78 is 0. The molecular formula is C22H29ClN3O2+.